The van der Waals surface area contributed by atoms with Crippen molar-refractivity contribution in [3.05, 3.63) is 23.5 Å². The van der Waals surface area contributed by atoms with Crippen LogP contribution >= 0.6 is 0 Å². The smallest absolute Gasteiger partial charge is 0.0474 e. The van der Waals surface area contributed by atoms with E-state index < -0.39 is 0 Å². The quantitative estimate of drug-likeness (QED) is 0.704. The molecule has 1 aromatic rings. The molecule has 0 bridgehead atoms. The van der Waals surface area contributed by atoms with E-state index in [0.29, 0.717) is 5.92 Å². The van der Waals surface area contributed by atoms with Gasteiger partial charge in [-0.1, -0.05) is 13.8 Å². The van der Waals surface area contributed by atoms with E-state index in [0.717, 1.165) is 32.5 Å². The molecule has 0 fully saturated rings. The maximum Gasteiger partial charge on any atom is 0.0474 e. The predicted octanol–water partition coefficient (Wildman–Crippen LogP) is 2.35. The van der Waals surface area contributed by atoms with E-state index in [2.05, 4.69) is 42.9 Å². The molecule has 0 unspecified atom stereocenters. The summed E-state index contributed by atoms with van der Waals surface area (Å²) in [5, 5.41) is 3.44. The Morgan fingerprint density at radius 2 is 2.00 bits per heavy atom. The minimum atomic E-state index is 0.714. The van der Waals surface area contributed by atoms with Crippen LogP contribution in [0.15, 0.2) is 12.1 Å². The Morgan fingerprint density at radius 3 is 2.65 bits per heavy atom. The summed E-state index contributed by atoms with van der Waals surface area (Å²) in [4.78, 5) is 0. The molecule has 17 heavy (non-hydrogen) atoms. The van der Waals surface area contributed by atoms with Gasteiger partial charge in [0.15, 0.2) is 0 Å². The van der Waals surface area contributed by atoms with E-state index in [1.54, 1.807) is 7.11 Å². The normalized spacial score (nSPS) is 11.4. The van der Waals surface area contributed by atoms with Gasteiger partial charge < -0.3 is 14.6 Å². The first-order valence-electron chi connectivity index (χ1n) is 6.48. The fourth-order valence-corrected chi connectivity index (χ4v) is 1.96. The number of nitrogens with zero attached hydrogens (tertiary/aromatic N) is 1. The third kappa shape index (κ3) is 4.92. The van der Waals surface area contributed by atoms with Gasteiger partial charge >= 0.3 is 0 Å². The first-order valence-corrected chi connectivity index (χ1v) is 6.48. The molecular weight excluding hydrogens is 212 g/mol. The van der Waals surface area contributed by atoms with E-state index in [1.807, 2.05) is 0 Å². The summed E-state index contributed by atoms with van der Waals surface area (Å²) >= 11 is 0. The number of aromatic nitrogens is 1. The average Bonchev–Trinajstić information content (AvgIpc) is 2.60. The Hall–Kier alpha value is -0.800. The minimum absolute atomic E-state index is 0.714. The fraction of sp³-hybridized carbons (Fsp3) is 0.714. The standard InChI is InChI=1S/C14H26N2O/c1-12(2)10-13-6-7-14(16(13)3)11-15-8-5-9-17-4/h6-7,12,15H,5,8-11H2,1-4H3. The van der Waals surface area contributed by atoms with Crippen molar-refractivity contribution < 1.29 is 4.74 Å². The summed E-state index contributed by atoms with van der Waals surface area (Å²) in [5.74, 6) is 0.714. The zero-order valence-corrected chi connectivity index (χ0v) is 11.6. The lowest BCUT2D eigenvalue weighted by Crippen LogP contribution is -2.18. The highest BCUT2D eigenvalue weighted by molar-refractivity contribution is 5.16. The Bertz CT molecular complexity index is 318. The van der Waals surface area contributed by atoms with Gasteiger partial charge in [-0.25, -0.2) is 0 Å². The monoisotopic (exact) mass is 238 g/mol. The SMILES string of the molecule is COCCCNCc1ccc(CC(C)C)n1C. The van der Waals surface area contributed by atoms with Crippen molar-refractivity contribution in [2.75, 3.05) is 20.3 Å². The number of hydrogen-bond acceptors (Lipinski definition) is 2. The molecule has 1 rings (SSSR count). The Kier molecular flexibility index (Phi) is 6.30. The van der Waals surface area contributed by atoms with E-state index in [-0.39, 0.29) is 0 Å². The molecule has 0 radical (unpaired) electrons. The van der Waals surface area contributed by atoms with Crippen molar-refractivity contribution in [2.45, 2.75) is 33.2 Å². The van der Waals surface area contributed by atoms with Crippen LogP contribution in [0.4, 0.5) is 0 Å². The van der Waals surface area contributed by atoms with Crippen molar-refractivity contribution in [2.24, 2.45) is 13.0 Å². The van der Waals surface area contributed by atoms with Gasteiger partial charge in [0, 0.05) is 38.7 Å². The predicted molar refractivity (Wildman–Crippen MR) is 72.2 cm³/mol. The molecule has 1 aromatic heterocycles. The van der Waals surface area contributed by atoms with Crippen LogP contribution in [0.25, 0.3) is 0 Å². The van der Waals surface area contributed by atoms with Gasteiger partial charge in [0.25, 0.3) is 0 Å². The molecule has 0 aliphatic rings. The lowest BCUT2D eigenvalue weighted by molar-refractivity contribution is 0.194. The van der Waals surface area contributed by atoms with Gasteiger partial charge in [-0.3, -0.25) is 0 Å². The van der Waals surface area contributed by atoms with Crippen molar-refractivity contribution >= 4 is 0 Å². The largest absolute Gasteiger partial charge is 0.385 e. The molecule has 3 nitrogen and oxygen atoms in total. The lowest BCUT2D eigenvalue weighted by atomic mass is 10.1. The fourth-order valence-electron chi connectivity index (χ4n) is 1.96. The number of ether oxygens (including phenoxy) is 1. The van der Waals surface area contributed by atoms with Crippen LogP contribution in [0.1, 0.15) is 31.7 Å². The van der Waals surface area contributed by atoms with Crippen LogP contribution in [0.5, 0.6) is 0 Å². The number of methoxy groups -OCH3 is 1. The topological polar surface area (TPSA) is 26.2 Å². The summed E-state index contributed by atoms with van der Waals surface area (Å²) in [6.45, 7) is 7.31. The number of hydrogen-bond donors (Lipinski definition) is 1. The lowest BCUT2D eigenvalue weighted by Gasteiger charge is -2.10. The maximum absolute atomic E-state index is 5.02. The third-order valence-corrected chi connectivity index (χ3v) is 2.96. The maximum atomic E-state index is 5.02. The highest BCUT2D eigenvalue weighted by Gasteiger charge is 2.05. The van der Waals surface area contributed by atoms with Crippen LogP contribution in [-0.2, 0) is 24.8 Å². The molecule has 98 valence electrons. The number of rotatable bonds is 8. The van der Waals surface area contributed by atoms with Gasteiger partial charge in [0.1, 0.15) is 0 Å². The van der Waals surface area contributed by atoms with Crippen molar-refractivity contribution in [3.8, 4) is 0 Å². The van der Waals surface area contributed by atoms with Crippen molar-refractivity contribution in [3.63, 3.8) is 0 Å². The first kappa shape index (κ1) is 14.3. The molecule has 0 saturated heterocycles. The summed E-state index contributed by atoms with van der Waals surface area (Å²) in [6.07, 6.45) is 2.22. The van der Waals surface area contributed by atoms with Gasteiger partial charge in [-0.15, -0.1) is 0 Å². The zero-order valence-electron chi connectivity index (χ0n) is 11.6. The van der Waals surface area contributed by atoms with Crippen molar-refractivity contribution in [1.29, 1.82) is 0 Å². The van der Waals surface area contributed by atoms with E-state index in [4.69, 9.17) is 4.74 Å². The molecule has 0 aliphatic carbocycles. The second kappa shape index (κ2) is 7.51. The summed E-state index contributed by atoms with van der Waals surface area (Å²) < 4.78 is 7.33. The van der Waals surface area contributed by atoms with Crippen molar-refractivity contribution in [1.82, 2.24) is 9.88 Å². The molecule has 0 amide bonds. The van der Waals surface area contributed by atoms with Crippen LogP contribution in [0, 0.1) is 5.92 Å². The van der Waals surface area contributed by atoms with Gasteiger partial charge in [-0.05, 0) is 37.4 Å². The van der Waals surface area contributed by atoms with E-state index >= 15 is 0 Å². The highest BCUT2D eigenvalue weighted by atomic mass is 16.5. The third-order valence-electron chi connectivity index (χ3n) is 2.96. The van der Waals surface area contributed by atoms with Crippen LogP contribution in [-0.4, -0.2) is 24.8 Å². The van der Waals surface area contributed by atoms with Crippen LogP contribution in [0.3, 0.4) is 0 Å². The van der Waals surface area contributed by atoms with Crippen LogP contribution in [0.2, 0.25) is 0 Å². The van der Waals surface area contributed by atoms with E-state index in [1.165, 1.54) is 11.4 Å². The molecule has 0 aromatic carbocycles. The van der Waals surface area contributed by atoms with E-state index in [9.17, 15) is 0 Å². The molecule has 0 atom stereocenters. The molecule has 3 heteroatoms. The second-order valence-corrected chi connectivity index (χ2v) is 5.00. The second-order valence-electron chi connectivity index (χ2n) is 5.00. The Labute approximate surface area is 105 Å². The summed E-state index contributed by atoms with van der Waals surface area (Å²) in [6, 6.07) is 4.47. The van der Waals surface area contributed by atoms with Crippen LogP contribution < -0.4 is 5.32 Å². The number of nitrogens with one attached hydrogen (secondary N) is 1. The minimum Gasteiger partial charge on any atom is -0.385 e. The highest BCUT2D eigenvalue weighted by Crippen LogP contribution is 2.11. The Balaban J connectivity index is 2.36. The Morgan fingerprint density at radius 1 is 1.29 bits per heavy atom. The molecule has 0 saturated carbocycles. The molecule has 1 heterocycles. The molecule has 1 N–H and O–H groups in total. The summed E-state index contributed by atoms with van der Waals surface area (Å²) in [5.41, 5.74) is 2.78. The van der Waals surface area contributed by atoms with Gasteiger partial charge in [0.2, 0.25) is 0 Å². The first-order chi connectivity index (χ1) is 8.15. The molecular formula is C14H26N2O. The summed E-state index contributed by atoms with van der Waals surface area (Å²) in [7, 11) is 3.90. The zero-order chi connectivity index (χ0) is 12.7. The molecule has 0 aliphatic heterocycles. The average molecular weight is 238 g/mol. The van der Waals surface area contributed by atoms with Gasteiger partial charge in [-0.2, -0.15) is 0 Å². The molecule has 0 spiro atoms. The van der Waals surface area contributed by atoms with Gasteiger partial charge in [0.05, 0.1) is 0 Å².